The maximum absolute atomic E-state index is 12.9. The van der Waals surface area contributed by atoms with Crippen molar-refractivity contribution in [2.75, 3.05) is 23.3 Å². The lowest BCUT2D eigenvalue weighted by atomic mass is 10.1. The molecule has 3 aliphatic rings. The van der Waals surface area contributed by atoms with Gasteiger partial charge in [0.2, 0.25) is 0 Å². The first-order valence-electron chi connectivity index (χ1n) is 9.57. The molecule has 2 fully saturated rings. The van der Waals surface area contributed by atoms with E-state index < -0.39 is 0 Å². The Morgan fingerprint density at radius 3 is 2.65 bits per heavy atom. The number of piperidine rings is 1. The van der Waals surface area contributed by atoms with Crippen molar-refractivity contribution >= 4 is 23.2 Å². The lowest BCUT2D eigenvalue weighted by Crippen LogP contribution is -2.30. The van der Waals surface area contributed by atoms with E-state index in [1.165, 1.54) is 19.3 Å². The van der Waals surface area contributed by atoms with Crippen LogP contribution < -0.4 is 10.2 Å². The van der Waals surface area contributed by atoms with Crippen LogP contribution in [0, 0.1) is 0 Å². The molecule has 2 aromatic rings. The molecular formula is C20H23N5O. The van der Waals surface area contributed by atoms with Crippen LogP contribution in [0.4, 0.5) is 17.3 Å². The van der Waals surface area contributed by atoms with Gasteiger partial charge in [-0.2, -0.15) is 0 Å². The van der Waals surface area contributed by atoms with E-state index in [9.17, 15) is 4.79 Å². The number of carbonyl (C=O) groups is 1. The number of hydrogen-bond donors (Lipinski definition) is 1. The molecule has 134 valence electrons. The van der Waals surface area contributed by atoms with Crippen LogP contribution in [0.25, 0.3) is 0 Å². The predicted molar refractivity (Wildman–Crippen MR) is 101 cm³/mol. The fourth-order valence-corrected chi connectivity index (χ4v) is 4.02. The Labute approximate surface area is 153 Å². The number of nitrogens with zero attached hydrogens (tertiary/aromatic N) is 4. The van der Waals surface area contributed by atoms with Gasteiger partial charge in [0.15, 0.2) is 5.82 Å². The Hall–Kier alpha value is -2.47. The van der Waals surface area contributed by atoms with Gasteiger partial charge in [-0.25, -0.2) is 9.97 Å². The molecule has 1 aliphatic carbocycles. The fourth-order valence-electron chi connectivity index (χ4n) is 4.02. The first-order chi connectivity index (χ1) is 12.8. The molecule has 1 saturated heterocycles. The number of pyridine rings is 2. The summed E-state index contributed by atoms with van der Waals surface area (Å²) in [5.74, 6) is 1.48. The highest BCUT2D eigenvalue weighted by molar-refractivity contribution is 6.11. The molecule has 26 heavy (non-hydrogen) atoms. The standard InChI is InChI=1S/C20H23N5O/c26-20-16-5-4-9-21-18(16)25(15-6-7-15)19-17(23-20)14(8-10-22-19)13-24-11-2-1-3-12-24/h4-5,8-10,15H,1-3,6-7,11-13H2,(H,23,26). The van der Waals surface area contributed by atoms with Crippen LogP contribution in [0.5, 0.6) is 0 Å². The summed E-state index contributed by atoms with van der Waals surface area (Å²) in [5, 5.41) is 3.14. The zero-order valence-corrected chi connectivity index (χ0v) is 14.8. The van der Waals surface area contributed by atoms with Gasteiger partial charge in [-0.3, -0.25) is 9.69 Å². The van der Waals surface area contributed by atoms with Gasteiger partial charge < -0.3 is 10.2 Å². The number of anilines is 3. The lowest BCUT2D eigenvalue weighted by Gasteiger charge is -2.28. The monoisotopic (exact) mass is 349 g/mol. The van der Waals surface area contributed by atoms with Crippen molar-refractivity contribution in [2.24, 2.45) is 0 Å². The molecule has 1 amide bonds. The van der Waals surface area contributed by atoms with Crippen LogP contribution in [0.3, 0.4) is 0 Å². The number of likely N-dealkylation sites (tertiary alicyclic amines) is 1. The summed E-state index contributed by atoms with van der Waals surface area (Å²) < 4.78 is 0. The normalized spacial score (nSPS) is 20.2. The molecule has 5 rings (SSSR count). The highest BCUT2D eigenvalue weighted by Gasteiger charge is 2.38. The Bertz CT molecular complexity index is 842. The van der Waals surface area contributed by atoms with E-state index >= 15 is 0 Å². The molecule has 0 unspecified atom stereocenters. The van der Waals surface area contributed by atoms with Gasteiger partial charge in [0.25, 0.3) is 5.91 Å². The number of rotatable bonds is 3. The number of aromatic nitrogens is 2. The van der Waals surface area contributed by atoms with Crippen molar-refractivity contribution < 1.29 is 4.79 Å². The molecule has 0 spiro atoms. The zero-order valence-electron chi connectivity index (χ0n) is 14.8. The summed E-state index contributed by atoms with van der Waals surface area (Å²) in [6.45, 7) is 3.10. The molecule has 4 heterocycles. The van der Waals surface area contributed by atoms with Crippen molar-refractivity contribution in [3.05, 3.63) is 41.7 Å². The molecule has 1 saturated carbocycles. The lowest BCUT2D eigenvalue weighted by molar-refractivity contribution is 0.102. The SMILES string of the molecule is O=C1Nc2c(CN3CCCCC3)ccnc2N(C2CC2)c2ncccc21. The minimum absolute atomic E-state index is 0.0922. The van der Waals surface area contributed by atoms with Gasteiger partial charge >= 0.3 is 0 Å². The fraction of sp³-hybridized carbons (Fsp3) is 0.450. The maximum atomic E-state index is 12.9. The summed E-state index contributed by atoms with van der Waals surface area (Å²) in [4.78, 5) is 26.7. The molecule has 0 bridgehead atoms. The number of nitrogens with one attached hydrogen (secondary N) is 1. The smallest absolute Gasteiger partial charge is 0.259 e. The molecule has 0 aromatic carbocycles. The Kier molecular flexibility index (Phi) is 3.85. The Balaban J connectivity index is 1.59. The second-order valence-corrected chi connectivity index (χ2v) is 7.44. The molecule has 1 N–H and O–H groups in total. The van der Waals surface area contributed by atoms with Gasteiger partial charge in [-0.15, -0.1) is 0 Å². The summed E-state index contributed by atoms with van der Waals surface area (Å²) in [6, 6.07) is 6.10. The summed E-state index contributed by atoms with van der Waals surface area (Å²) in [7, 11) is 0. The summed E-state index contributed by atoms with van der Waals surface area (Å²) in [6.07, 6.45) is 9.67. The van der Waals surface area contributed by atoms with Crippen LogP contribution in [-0.2, 0) is 6.54 Å². The highest BCUT2D eigenvalue weighted by atomic mass is 16.1. The maximum Gasteiger partial charge on any atom is 0.259 e. The molecule has 2 aromatic heterocycles. The quantitative estimate of drug-likeness (QED) is 0.921. The molecule has 6 heteroatoms. The van der Waals surface area contributed by atoms with Gasteiger partial charge in [0.1, 0.15) is 5.82 Å². The van der Waals surface area contributed by atoms with Gasteiger partial charge in [-0.05, 0) is 62.5 Å². The van der Waals surface area contributed by atoms with Crippen molar-refractivity contribution in [3.8, 4) is 0 Å². The average Bonchev–Trinajstić information content (AvgIpc) is 3.50. The summed E-state index contributed by atoms with van der Waals surface area (Å²) in [5.41, 5.74) is 2.62. The second kappa shape index (κ2) is 6.36. The summed E-state index contributed by atoms with van der Waals surface area (Å²) >= 11 is 0. The number of amides is 1. The number of hydrogen-bond acceptors (Lipinski definition) is 5. The van der Waals surface area contributed by atoms with E-state index in [1.807, 2.05) is 24.4 Å². The third-order valence-electron chi connectivity index (χ3n) is 5.50. The third kappa shape index (κ3) is 2.74. The minimum Gasteiger partial charge on any atom is -0.318 e. The largest absolute Gasteiger partial charge is 0.318 e. The first kappa shape index (κ1) is 15.8. The van der Waals surface area contributed by atoms with Crippen LogP contribution in [0.2, 0.25) is 0 Å². The first-order valence-corrected chi connectivity index (χ1v) is 9.57. The van der Waals surface area contributed by atoms with E-state index in [1.54, 1.807) is 6.20 Å². The van der Waals surface area contributed by atoms with E-state index in [-0.39, 0.29) is 5.91 Å². The van der Waals surface area contributed by atoms with Crippen LogP contribution in [0.1, 0.15) is 48.0 Å². The average molecular weight is 349 g/mol. The van der Waals surface area contributed by atoms with E-state index in [2.05, 4.69) is 25.1 Å². The van der Waals surface area contributed by atoms with Gasteiger partial charge in [-0.1, -0.05) is 6.42 Å². The second-order valence-electron chi connectivity index (χ2n) is 7.44. The van der Waals surface area contributed by atoms with Crippen LogP contribution in [-0.4, -0.2) is 39.9 Å². The molecule has 6 nitrogen and oxygen atoms in total. The third-order valence-corrected chi connectivity index (χ3v) is 5.50. The Morgan fingerprint density at radius 1 is 1.04 bits per heavy atom. The molecule has 0 atom stereocenters. The molecule has 0 radical (unpaired) electrons. The van der Waals surface area contributed by atoms with E-state index in [4.69, 9.17) is 0 Å². The van der Waals surface area contributed by atoms with Crippen LogP contribution >= 0.6 is 0 Å². The Morgan fingerprint density at radius 2 is 1.85 bits per heavy atom. The van der Waals surface area contributed by atoms with Crippen molar-refractivity contribution in [2.45, 2.75) is 44.7 Å². The van der Waals surface area contributed by atoms with Crippen molar-refractivity contribution in [1.29, 1.82) is 0 Å². The van der Waals surface area contributed by atoms with Crippen molar-refractivity contribution in [1.82, 2.24) is 14.9 Å². The topological polar surface area (TPSA) is 61.4 Å². The zero-order chi connectivity index (χ0) is 17.5. The van der Waals surface area contributed by atoms with Crippen molar-refractivity contribution in [3.63, 3.8) is 0 Å². The highest BCUT2D eigenvalue weighted by Crippen LogP contribution is 2.44. The molecule has 2 aliphatic heterocycles. The number of fused-ring (bicyclic) bond motifs is 2. The minimum atomic E-state index is -0.0922. The van der Waals surface area contributed by atoms with E-state index in [0.717, 1.165) is 55.4 Å². The van der Waals surface area contributed by atoms with Gasteiger partial charge in [0, 0.05) is 25.0 Å². The predicted octanol–water partition coefficient (Wildman–Crippen LogP) is 3.33. The number of carbonyl (C=O) groups excluding carboxylic acids is 1. The van der Waals surface area contributed by atoms with Crippen LogP contribution in [0.15, 0.2) is 30.6 Å². The van der Waals surface area contributed by atoms with Gasteiger partial charge in [0.05, 0.1) is 11.3 Å². The van der Waals surface area contributed by atoms with E-state index in [0.29, 0.717) is 11.6 Å². The molecular weight excluding hydrogens is 326 g/mol.